The molecule has 478 valence electrons. The van der Waals surface area contributed by atoms with Gasteiger partial charge in [0.2, 0.25) is 0 Å². The average molecular weight is 1270 g/mol. The van der Waals surface area contributed by atoms with Gasteiger partial charge >= 0.3 is 0 Å². The van der Waals surface area contributed by atoms with E-state index in [1.54, 1.807) is 5.56 Å². The van der Waals surface area contributed by atoms with Gasteiger partial charge in [-0.25, -0.2) is 0 Å². The molecule has 12 aromatic carbocycles. The quantitative estimate of drug-likeness (QED) is 0.102. The Hall–Kier alpha value is -10.6. The number of rotatable bonds is 15. The van der Waals surface area contributed by atoms with E-state index in [1.165, 1.54) is 82.6 Å². The first kappa shape index (κ1) is 57.7. The van der Waals surface area contributed by atoms with Gasteiger partial charge in [0.05, 0.1) is 11.4 Å². The van der Waals surface area contributed by atoms with Crippen LogP contribution >= 0.6 is 0 Å². The highest BCUT2D eigenvalue weighted by Crippen LogP contribution is 2.63. The van der Waals surface area contributed by atoms with Gasteiger partial charge < -0.3 is 28.4 Å². The number of hydrogen-bond donors (Lipinski definition) is 0. The van der Waals surface area contributed by atoms with Crippen LogP contribution in [0.3, 0.4) is 0 Å². The molecule has 0 unspecified atom stereocenters. The standard InChI is InChI=1S/C92H78N4O2/c1-5-17-71(18-6-1)93(79-43-45-87-84(53-79)81-44-42-80(54-88(81)97-87)94(72-19-7-2-8-20-72)76-38-32-69(33-39-76)91-55-61-46-62(56-91)48-63(47-61)57-91)75-36-30-67(31-37-75)68-16-13-25-78(52-68)96(74-23-11-4-12-24-74)86-29-15-27-83-82-26-14-28-85(89(82)98-90(83)86)95(73-21-9-3-10-22-73)77-40-34-70(35-41-77)92-58-64-49-65(59-92)51-66(50-64)60-92/h1-45,52-54,61-66H,46-51,55-60H2. The number of nitrogens with zero attached hydrogens (tertiary/aromatic N) is 4. The minimum Gasteiger partial charge on any atom is -0.456 e. The normalized spacial score (nSPS) is 22.7. The van der Waals surface area contributed by atoms with E-state index >= 15 is 0 Å². The Morgan fingerprint density at radius 2 is 0.592 bits per heavy atom. The van der Waals surface area contributed by atoms with Crippen LogP contribution < -0.4 is 19.6 Å². The largest absolute Gasteiger partial charge is 0.456 e. The van der Waals surface area contributed by atoms with E-state index < -0.39 is 0 Å². The molecule has 14 aromatic rings. The Morgan fingerprint density at radius 3 is 1.06 bits per heavy atom. The second-order valence-corrected chi connectivity index (χ2v) is 30.1. The number of hydrogen-bond acceptors (Lipinski definition) is 6. The smallest absolute Gasteiger partial charge is 0.159 e. The summed E-state index contributed by atoms with van der Waals surface area (Å²) in [6.07, 6.45) is 16.9. The topological polar surface area (TPSA) is 39.2 Å². The van der Waals surface area contributed by atoms with Crippen molar-refractivity contribution in [3.8, 4) is 11.1 Å². The lowest BCUT2D eigenvalue weighted by Gasteiger charge is -2.57. The molecule has 6 nitrogen and oxygen atoms in total. The number of anilines is 12. The third-order valence-corrected chi connectivity index (χ3v) is 24.1. The summed E-state index contributed by atoms with van der Waals surface area (Å²) in [4.78, 5) is 9.49. The minimum absolute atomic E-state index is 0.330. The van der Waals surface area contributed by atoms with E-state index in [1.807, 2.05) is 0 Å². The lowest BCUT2D eigenvalue weighted by atomic mass is 9.48. The summed E-state index contributed by atoms with van der Waals surface area (Å²) < 4.78 is 14.2. The molecule has 0 saturated heterocycles. The number of furan rings is 2. The van der Waals surface area contributed by atoms with E-state index in [-0.39, 0.29) is 0 Å². The first-order valence-corrected chi connectivity index (χ1v) is 36.1. The zero-order chi connectivity index (χ0) is 64.5. The van der Waals surface area contributed by atoms with E-state index in [0.717, 1.165) is 159 Å². The van der Waals surface area contributed by atoms with Crippen LogP contribution in [0, 0.1) is 35.5 Å². The van der Waals surface area contributed by atoms with Gasteiger partial charge in [-0.2, -0.15) is 0 Å². The summed E-state index contributed by atoms with van der Waals surface area (Å²) >= 11 is 0. The van der Waals surface area contributed by atoms with E-state index in [2.05, 4.69) is 311 Å². The molecule has 8 aliphatic carbocycles. The predicted octanol–water partition coefficient (Wildman–Crippen LogP) is 26.0. The van der Waals surface area contributed by atoms with Gasteiger partial charge in [0, 0.05) is 84.5 Å². The van der Waals surface area contributed by atoms with Crippen molar-refractivity contribution in [2.45, 2.75) is 87.9 Å². The van der Waals surface area contributed by atoms with Gasteiger partial charge in [-0.05, 0) is 285 Å². The molecular weight excluding hydrogens is 1190 g/mol. The third kappa shape index (κ3) is 9.79. The maximum atomic E-state index is 7.39. The Morgan fingerprint density at radius 1 is 0.235 bits per heavy atom. The third-order valence-electron chi connectivity index (χ3n) is 24.1. The summed E-state index contributed by atoms with van der Waals surface area (Å²) in [5.41, 5.74) is 22.2. The summed E-state index contributed by atoms with van der Waals surface area (Å²) in [7, 11) is 0. The maximum absolute atomic E-state index is 7.39. The fraction of sp³-hybridized carbons (Fsp3) is 0.217. The lowest BCUT2D eigenvalue weighted by molar-refractivity contribution is -0.00530. The van der Waals surface area contributed by atoms with Gasteiger partial charge in [0.25, 0.3) is 0 Å². The molecule has 98 heavy (non-hydrogen) atoms. The molecule has 8 bridgehead atoms. The molecule has 2 heterocycles. The second kappa shape index (κ2) is 23.1. The second-order valence-electron chi connectivity index (χ2n) is 30.1. The highest BCUT2D eigenvalue weighted by molar-refractivity contribution is 6.14. The zero-order valence-electron chi connectivity index (χ0n) is 55.3. The van der Waals surface area contributed by atoms with Crippen molar-refractivity contribution in [1.29, 1.82) is 0 Å². The van der Waals surface area contributed by atoms with E-state index in [0.29, 0.717) is 10.8 Å². The van der Waals surface area contributed by atoms with E-state index in [9.17, 15) is 0 Å². The monoisotopic (exact) mass is 1270 g/mol. The van der Waals surface area contributed by atoms with Crippen molar-refractivity contribution in [1.82, 2.24) is 0 Å². The summed E-state index contributed by atoms with van der Waals surface area (Å²) in [5.74, 6) is 5.43. The van der Waals surface area contributed by atoms with Crippen LogP contribution in [0.4, 0.5) is 68.2 Å². The summed E-state index contributed by atoms with van der Waals surface area (Å²) in [6, 6.07) is 107. The van der Waals surface area contributed by atoms with Crippen molar-refractivity contribution in [2.75, 3.05) is 19.6 Å². The summed E-state index contributed by atoms with van der Waals surface area (Å²) in [6.45, 7) is 0. The van der Waals surface area contributed by atoms with Crippen LogP contribution in [0.15, 0.2) is 300 Å². The van der Waals surface area contributed by atoms with Gasteiger partial charge in [-0.3, -0.25) is 0 Å². The van der Waals surface area contributed by atoms with Crippen molar-refractivity contribution in [2.24, 2.45) is 35.5 Å². The minimum atomic E-state index is 0.330. The Balaban J connectivity index is 0.620. The molecule has 0 N–H and O–H groups in total. The molecule has 0 radical (unpaired) electrons. The van der Waals surface area contributed by atoms with Crippen LogP contribution in [0.2, 0.25) is 0 Å². The van der Waals surface area contributed by atoms with Crippen LogP contribution in [-0.4, -0.2) is 0 Å². The fourth-order valence-electron chi connectivity index (χ4n) is 20.7. The Bertz CT molecular complexity index is 5220. The van der Waals surface area contributed by atoms with Crippen LogP contribution in [-0.2, 0) is 10.8 Å². The van der Waals surface area contributed by atoms with Crippen molar-refractivity contribution < 1.29 is 8.83 Å². The van der Waals surface area contributed by atoms with Crippen molar-refractivity contribution in [3.05, 3.63) is 302 Å². The molecule has 8 aliphatic rings. The number of benzene rings is 12. The SMILES string of the molecule is c1ccc(N(c2ccc(C34CC5CC(CC(C5)C3)C4)cc2)c2ccc3c(c2)oc2ccc(N(c4ccccc4)c4ccc(-c5cccc(N(c6ccccc6)c6cccc7c6oc6c(N(c8ccccc8)c8ccc(C9%10CC%11CC(CC(C%11)C9)C%10)cc8)cccc67)c5)cc4)cc23)cc1. The molecule has 0 spiro atoms. The molecule has 0 atom stereocenters. The maximum Gasteiger partial charge on any atom is 0.159 e. The molecular formula is C92H78N4O2. The van der Waals surface area contributed by atoms with Crippen LogP contribution in [0.25, 0.3) is 55.0 Å². The van der Waals surface area contributed by atoms with E-state index in [4.69, 9.17) is 8.83 Å². The molecule has 22 rings (SSSR count). The Labute approximate surface area is 574 Å². The first-order chi connectivity index (χ1) is 48.4. The van der Waals surface area contributed by atoms with Crippen molar-refractivity contribution >= 4 is 112 Å². The van der Waals surface area contributed by atoms with Crippen LogP contribution in [0.1, 0.15) is 88.2 Å². The average Bonchev–Trinajstić information content (AvgIpc) is 1.46. The van der Waals surface area contributed by atoms with Crippen LogP contribution in [0.5, 0.6) is 0 Å². The summed E-state index contributed by atoms with van der Waals surface area (Å²) in [5, 5.41) is 4.32. The van der Waals surface area contributed by atoms with Gasteiger partial charge in [-0.15, -0.1) is 0 Å². The predicted molar refractivity (Wildman–Crippen MR) is 405 cm³/mol. The Kier molecular flexibility index (Phi) is 13.6. The molecule has 0 aliphatic heterocycles. The fourth-order valence-corrected chi connectivity index (χ4v) is 20.7. The van der Waals surface area contributed by atoms with Gasteiger partial charge in [0.1, 0.15) is 11.2 Å². The molecule has 8 fully saturated rings. The molecule has 8 saturated carbocycles. The lowest BCUT2D eigenvalue weighted by Crippen LogP contribution is -2.48. The zero-order valence-corrected chi connectivity index (χ0v) is 55.3. The number of para-hydroxylation sites is 6. The molecule has 2 aromatic heterocycles. The highest BCUT2D eigenvalue weighted by Gasteiger charge is 2.53. The molecule has 0 amide bonds. The van der Waals surface area contributed by atoms with Crippen molar-refractivity contribution in [3.63, 3.8) is 0 Å². The number of fused-ring (bicyclic) bond motifs is 6. The first-order valence-electron chi connectivity index (χ1n) is 36.1. The van der Waals surface area contributed by atoms with Gasteiger partial charge in [0.15, 0.2) is 11.2 Å². The van der Waals surface area contributed by atoms with Gasteiger partial charge in [-0.1, -0.05) is 146 Å². The molecule has 6 heteroatoms. The highest BCUT2D eigenvalue weighted by atomic mass is 16.3.